The highest BCUT2D eigenvalue weighted by atomic mass is 15.1. The minimum Gasteiger partial charge on any atom is -0.384 e. The first-order valence-electron chi connectivity index (χ1n) is 5.11. The minimum absolute atomic E-state index is 0.122. The molecule has 0 amide bonds. The Balaban J connectivity index is 3.08. The van der Waals surface area contributed by atoms with Gasteiger partial charge in [0.1, 0.15) is 5.84 Å². The lowest BCUT2D eigenvalue weighted by molar-refractivity contribution is 0.752. The van der Waals surface area contributed by atoms with Crippen LogP contribution in [0.1, 0.15) is 25.0 Å². The largest absolute Gasteiger partial charge is 0.384 e. The van der Waals surface area contributed by atoms with E-state index in [-0.39, 0.29) is 5.84 Å². The van der Waals surface area contributed by atoms with Crippen molar-refractivity contribution in [3.63, 3.8) is 0 Å². The Morgan fingerprint density at radius 1 is 1.40 bits per heavy atom. The molecule has 1 aromatic carbocycles. The molecule has 0 saturated carbocycles. The van der Waals surface area contributed by atoms with Gasteiger partial charge in [0, 0.05) is 24.3 Å². The zero-order chi connectivity index (χ0) is 11.6. The number of amidine groups is 1. The molecule has 0 bridgehead atoms. The third-order valence-electron chi connectivity index (χ3n) is 2.66. The number of rotatable bonds is 3. The third-order valence-corrected chi connectivity index (χ3v) is 2.66. The van der Waals surface area contributed by atoms with Gasteiger partial charge in [-0.25, -0.2) is 0 Å². The van der Waals surface area contributed by atoms with Crippen LogP contribution in [0.15, 0.2) is 18.2 Å². The van der Waals surface area contributed by atoms with Crippen LogP contribution in [0.2, 0.25) is 0 Å². The summed E-state index contributed by atoms with van der Waals surface area (Å²) in [6.45, 7) is 6.34. The molecular weight excluding hydrogens is 186 g/mol. The van der Waals surface area contributed by atoms with Gasteiger partial charge in [-0.3, -0.25) is 5.41 Å². The summed E-state index contributed by atoms with van der Waals surface area (Å²) in [5.74, 6) is 0.122. The van der Waals surface area contributed by atoms with Crippen LogP contribution in [-0.2, 0) is 0 Å². The average Bonchev–Trinajstić information content (AvgIpc) is 2.16. The lowest BCUT2D eigenvalue weighted by atomic mass is 10.1. The van der Waals surface area contributed by atoms with Crippen LogP contribution < -0.4 is 10.6 Å². The van der Waals surface area contributed by atoms with Crippen molar-refractivity contribution < 1.29 is 0 Å². The van der Waals surface area contributed by atoms with E-state index in [9.17, 15) is 0 Å². The molecule has 0 aliphatic heterocycles. The first-order valence-corrected chi connectivity index (χ1v) is 5.11. The van der Waals surface area contributed by atoms with Crippen molar-refractivity contribution in [1.29, 1.82) is 5.41 Å². The summed E-state index contributed by atoms with van der Waals surface area (Å²) in [5.41, 5.74) is 8.57. The van der Waals surface area contributed by atoms with E-state index in [4.69, 9.17) is 11.1 Å². The fourth-order valence-electron chi connectivity index (χ4n) is 1.50. The third kappa shape index (κ3) is 2.49. The summed E-state index contributed by atoms with van der Waals surface area (Å²) in [7, 11) is 2.07. The van der Waals surface area contributed by atoms with E-state index >= 15 is 0 Å². The number of nitrogens with two attached hydrogens (primary N) is 1. The molecule has 0 aliphatic carbocycles. The molecule has 15 heavy (non-hydrogen) atoms. The molecule has 0 atom stereocenters. The Hall–Kier alpha value is -1.51. The maximum absolute atomic E-state index is 7.36. The van der Waals surface area contributed by atoms with Gasteiger partial charge >= 0.3 is 0 Å². The molecule has 0 fully saturated rings. The highest BCUT2D eigenvalue weighted by Crippen LogP contribution is 2.21. The highest BCUT2D eigenvalue weighted by molar-refractivity contribution is 5.95. The Bertz CT molecular complexity index is 369. The van der Waals surface area contributed by atoms with E-state index in [1.165, 1.54) is 5.69 Å². The van der Waals surface area contributed by atoms with E-state index in [2.05, 4.69) is 25.8 Å². The summed E-state index contributed by atoms with van der Waals surface area (Å²) >= 11 is 0. The fraction of sp³-hybridized carbons (Fsp3) is 0.417. The predicted molar refractivity (Wildman–Crippen MR) is 65.7 cm³/mol. The van der Waals surface area contributed by atoms with E-state index in [1.807, 2.05) is 25.1 Å². The fourth-order valence-corrected chi connectivity index (χ4v) is 1.50. The van der Waals surface area contributed by atoms with E-state index < -0.39 is 0 Å². The van der Waals surface area contributed by atoms with Crippen molar-refractivity contribution in [1.82, 2.24) is 0 Å². The van der Waals surface area contributed by atoms with E-state index in [0.717, 1.165) is 11.1 Å². The Kier molecular flexibility index (Phi) is 3.35. The van der Waals surface area contributed by atoms with Crippen molar-refractivity contribution in [2.24, 2.45) is 5.73 Å². The normalized spacial score (nSPS) is 10.5. The number of hydrogen-bond acceptors (Lipinski definition) is 2. The molecule has 0 heterocycles. The second kappa shape index (κ2) is 4.34. The number of hydrogen-bond donors (Lipinski definition) is 2. The smallest absolute Gasteiger partial charge is 0.122 e. The number of benzene rings is 1. The molecule has 1 rings (SSSR count). The number of nitrogens with zero attached hydrogens (tertiary/aromatic N) is 1. The second-order valence-corrected chi connectivity index (χ2v) is 4.12. The van der Waals surface area contributed by atoms with Crippen molar-refractivity contribution in [2.75, 3.05) is 11.9 Å². The molecule has 0 spiro atoms. The summed E-state index contributed by atoms with van der Waals surface area (Å²) in [6.07, 6.45) is 0. The first kappa shape index (κ1) is 11.6. The summed E-state index contributed by atoms with van der Waals surface area (Å²) < 4.78 is 0. The van der Waals surface area contributed by atoms with Gasteiger partial charge in [0.2, 0.25) is 0 Å². The number of nitrogens with one attached hydrogen (secondary N) is 1. The molecule has 0 unspecified atom stereocenters. The standard InChI is InChI=1S/C12H19N3/c1-8(2)15(4)11-6-5-10(12(13)14)7-9(11)3/h5-8H,1-4H3,(H3,13,14). The number of aryl methyl sites for hydroxylation is 1. The van der Waals surface area contributed by atoms with E-state index in [0.29, 0.717) is 6.04 Å². The molecule has 3 nitrogen and oxygen atoms in total. The SMILES string of the molecule is Cc1cc(C(=N)N)ccc1N(C)C(C)C. The average molecular weight is 205 g/mol. The van der Waals surface area contributed by atoms with Gasteiger partial charge in [0.15, 0.2) is 0 Å². The van der Waals surface area contributed by atoms with Gasteiger partial charge in [0.05, 0.1) is 0 Å². The Labute approximate surface area is 91.4 Å². The first-order chi connectivity index (χ1) is 6.93. The van der Waals surface area contributed by atoms with Crippen LogP contribution >= 0.6 is 0 Å². The molecule has 0 aliphatic rings. The summed E-state index contributed by atoms with van der Waals surface area (Å²) in [6, 6.07) is 6.33. The maximum Gasteiger partial charge on any atom is 0.122 e. The van der Waals surface area contributed by atoms with E-state index in [1.54, 1.807) is 0 Å². The van der Waals surface area contributed by atoms with Gasteiger partial charge in [-0.15, -0.1) is 0 Å². The highest BCUT2D eigenvalue weighted by Gasteiger charge is 2.08. The van der Waals surface area contributed by atoms with Crippen LogP contribution in [0.25, 0.3) is 0 Å². The van der Waals surface area contributed by atoms with Crippen molar-refractivity contribution in [2.45, 2.75) is 26.8 Å². The van der Waals surface area contributed by atoms with Gasteiger partial charge in [-0.1, -0.05) is 0 Å². The quantitative estimate of drug-likeness (QED) is 0.586. The molecule has 82 valence electrons. The van der Waals surface area contributed by atoms with Gasteiger partial charge in [0.25, 0.3) is 0 Å². The van der Waals surface area contributed by atoms with Gasteiger partial charge < -0.3 is 10.6 Å². The number of nitrogen functional groups attached to an aromatic ring is 1. The van der Waals surface area contributed by atoms with Crippen molar-refractivity contribution in [3.05, 3.63) is 29.3 Å². The lowest BCUT2D eigenvalue weighted by Gasteiger charge is -2.25. The molecule has 0 radical (unpaired) electrons. The lowest BCUT2D eigenvalue weighted by Crippen LogP contribution is -2.26. The zero-order valence-corrected chi connectivity index (χ0v) is 9.83. The van der Waals surface area contributed by atoms with Gasteiger partial charge in [-0.2, -0.15) is 0 Å². The minimum atomic E-state index is 0.122. The topological polar surface area (TPSA) is 53.1 Å². The summed E-state index contributed by atoms with van der Waals surface area (Å²) in [4.78, 5) is 2.21. The second-order valence-electron chi connectivity index (χ2n) is 4.12. The van der Waals surface area contributed by atoms with Crippen molar-refractivity contribution >= 4 is 11.5 Å². The Morgan fingerprint density at radius 3 is 2.40 bits per heavy atom. The van der Waals surface area contributed by atoms with Gasteiger partial charge in [-0.05, 0) is 44.5 Å². The monoisotopic (exact) mass is 205 g/mol. The molecule has 3 heteroatoms. The van der Waals surface area contributed by atoms with Crippen LogP contribution in [0.4, 0.5) is 5.69 Å². The Morgan fingerprint density at radius 2 is 2.00 bits per heavy atom. The molecular formula is C12H19N3. The van der Waals surface area contributed by atoms with Crippen LogP contribution in [0.3, 0.4) is 0 Å². The van der Waals surface area contributed by atoms with Crippen molar-refractivity contribution in [3.8, 4) is 0 Å². The molecule has 3 N–H and O–H groups in total. The van der Waals surface area contributed by atoms with Crippen LogP contribution in [0, 0.1) is 12.3 Å². The molecule has 0 aromatic heterocycles. The van der Waals surface area contributed by atoms with Crippen LogP contribution in [-0.4, -0.2) is 18.9 Å². The predicted octanol–water partition coefficient (Wildman–Crippen LogP) is 2.12. The molecule has 1 aromatic rings. The van der Waals surface area contributed by atoms with Crippen LogP contribution in [0.5, 0.6) is 0 Å². The zero-order valence-electron chi connectivity index (χ0n) is 9.83. The molecule has 0 saturated heterocycles. The number of anilines is 1. The summed E-state index contributed by atoms with van der Waals surface area (Å²) in [5, 5.41) is 7.36. The maximum atomic E-state index is 7.36.